The number of hydrogen-bond acceptors (Lipinski definition) is 2. The Balaban J connectivity index is 2.25. The van der Waals surface area contributed by atoms with Gasteiger partial charge in [-0.05, 0) is 30.5 Å². The van der Waals surface area contributed by atoms with Gasteiger partial charge in [0.1, 0.15) is 5.75 Å². The number of aryl methyl sites for hydroxylation is 1. The van der Waals surface area contributed by atoms with Crippen molar-refractivity contribution in [2.75, 3.05) is 6.61 Å². The highest BCUT2D eigenvalue weighted by Crippen LogP contribution is 2.14. The van der Waals surface area contributed by atoms with E-state index in [2.05, 4.69) is 6.92 Å². The van der Waals surface area contributed by atoms with E-state index in [-0.39, 0.29) is 6.61 Å². The molecular weight excluding hydrogens is 228 g/mol. The molecule has 0 heterocycles. The molecule has 0 radical (unpaired) electrons. The SMILES string of the molecule is CCCCCCCc1ccc(OCC(=O)O)cc1. The zero-order valence-corrected chi connectivity index (χ0v) is 11.0. The number of carbonyl (C=O) groups is 1. The maximum absolute atomic E-state index is 10.3. The van der Waals surface area contributed by atoms with Gasteiger partial charge in [0.2, 0.25) is 0 Å². The van der Waals surface area contributed by atoms with E-state index in [4.69, 9.17) is 9.84 Å². The molecule has 100 valence electrons. The monoisotopic (exact) mass is 250 g/mol. The second-order valence-electron chi connectivity index (χ2n) is 4.49. The summed E-state index contributed by atoms with van der Waals surface area (Å²) in [4.78, 5) is 10.3. The quantitative estimate of drug-likeness (QED) is 0.680. The summed E-state index contributed by atoms with van der Waals surface area (Å²) >= 11 is 0. The van der Waals surface area contributed by atoms with Crippen LogP contribution in [0.1, 0.15) is 44.6 Å². The Hall–Kier alpha value is -1.51. The van der Waals surface area contributed by atoms with E-state index >= 15 is 0 Å². The van der Waals surface area contributed by atoms with Gasteiger partial charge in [-0.2, -0.15) is 0 Å². The Bertz CT molecular complexity index is 343. The molecule has 0 unspecified atom stereocenters. The smallest absolute Gasteiger partial charge is 0.341 e. The third kappa shape index (κ3) is 6.28. The Labute approximate surface area is 109 Å². The molecule has 18 heavy (non-hydrogen) atoms. The molecule has 0 spiro atoms. The first-order chi connectivity index (χ1) is 8.72. The number of benzene rings is 1. The number of aliphatic carboxylic acids is 1. The largest absolute Gasteiger partial charge is 0.482 e. The molecule has 1 rings (SSSR count). The van der Waals surface area contributed by atoms with Gasteiger partial charge >= 0.3 is 5.97 Å². The first-order valence-electron chi connectivity index (χ1n) is 6.66. The molecule has 0 aliphatic carbocycles. The number of unbranched alkanes of at least 4 members (excludes halogenated alkanes) is 4. The summed E-state index contributed by atoms with van der Waals surface area (Å²) in [5.74, 6) is -0.331. The highest BCUT2D eigenvalue weighted by Gasteiger charge is 1.99. The summed E-state index contributed by atoms with van der Waals surface area (Å²) in [5.41, 5.74) is 1.29. The summed E-state index contributed by atoms with van der Waals surface area (Å²) < 4.78 is 5.08. The number of rotatable bonds is 9. The minimum atomic E-state index is -0.949. The van der Waals surface area contributed by atoms with Gasteiger partial charge < -0.3 is 9.84 Å². The zero-order valence-electron chi connectivity index (χ0n) is 11.0. The van der Waals surface area contributed by atoms with Gasteiger partial charge in [0, 0.05) is 0 Å². The molecule has 0 aromatic heterocycles. The van der Waals surface area contributed by atoms with Crippen molar-refractivity contribution < 1.29 is 14.6 Å². The lowest BCUT2D eigenvalue weighted by Crippen LogP contribution is -2.09. The summed E-state index contributed by atoms with van der Waals surface area (Å²) in [6.45, 7) is 1.94. The minimum absolute atomic E-state index is 0.281. The van der Waals surface area contributed by atoms with E-state index in [0.717, 1.165) is 6.42 Å². The minimum Gasteiger partial charge on any atom is -0.482 e. The fraction of sp³-hybridized carbons (Fsp3) is 0.533. The van der Waals surface area contributed by atoms with Crippen molar-refractivity contribution in [3.8, 4) is 5.75 Å². The fourth-order valence-electron chi connectivity index (χ4n) is 1.83. The van der Waals surface area contributed by atoms with E-state index in [9.17, 15) is 4.79 Å². The van der Waals surface area contributed by atoms with Crippen LogP contribution in [0, 0.1) is 0 Å². The van der Waals surface area contributed by atoms with Crippen LogP contribution in [0.5, 0.6) is 5.75 Å². The van der Waals surface area contributed by atoms with Crippen LogP contribution in [-0.2, 0) is 11.2 Å². The van der Waals surface area contributed by atoms with Crippen molar-refractivity contribution in [3.63, 3.8) is 0 Å². The maximum Gasteiger partial charge on any atom is 0.341 e. The van der Waals surface area contributed by atoms with Crippen LogP contribution in [0.15, 0.2) is 24.3 Å². The van der Waals surface area contributed by atoms with Gasteiger partial charge in [-0.3, -0.25) is 0 Å². The number of carboxylic acids is 1. The predicted molar refractivity (Wildman–Crippen MR) is 72.0 cm³/mol. The highest BCUT2D eigenvalue weighted by molar-refractivity contribution is 5.68. The van der Waals surface area contributed by atoms with Crippen LogP contribution in [-0.4, -0.2) is 17.7 Å². The topological polar surface area (TPSA) is 46.5 Å². The van der Waals surface area contributed by atoms with E-state index < -0.39 is 5.97 Å². The van der Waals surface area contributed by atoms with Crippen LogP contribution >= 0.6 is 0 Å². The zero-order chi connectivity index (χ0) is 13.2. The van der Waals surface area contributed by atoms with Crippen molar-refractivity contribution in [3.05, 3.63) is 29.8 Å². The van der Waals surface area contributed by atoms with Crippen LogP contribution in [0.3, 0.4) is 0 Å². The summed E-state index contributed by atoms with van der Waals surface area (Å²) in [7, 11) is 0. The fourth-order valence-corrected chi connectivity index (χ4v) is 1.83. The van der Waals surface area contributed by atoms with E-state index in [1.165, 1.54) is 37.7 Å². The molecule has 0 amide bonds. The molecule has 1 N–H and O–H groups in total. The number of ether oxygens (including phenoxy) is 1. The molecule has 3 nitrogen and oxygen atoms in total. The molecule has 0 bridgehead atoms. The van der Waals surface area contributed by atoms with Gasteiger partial charge in [0.25, 0.3) is 0 Å². The molecular formula is C15H22O3. The van der Waals surface area contributed by atoms with Crippen LogP contribution < -0.4 is 4.74 Å². The van der Waals surface area contributed by atoms with Crippen molar-refractivity contribution >= 4 is 5.97 Å². The van der Waals surface area contributed by atoms with Crippen molar-refractivity contribution in [2.24, 2.45) is 0 Å². The Morgan fingerprint density at radius 1 is 1.11 bits per heavy atom. The first-order valence-corrected chi connectivity index (χ1v) is 6.66. The lowest BCUT2D eigenvalue weighted by atomic mass is 10.1. The van der Waals surface area contributed by atoms with Gasteiger partial charge in [-0.15, -0.1) is 0 Å². The Kier molecular flexibility index (Phi) is 6.92. The van der Waals surface area contributed by atoms with Crippen LogP contribution in [0.25, 0.3) is 0 Å². The van der Waals surface area contributed by atoms with Crippen molar-refractivity contribution in [1.29, 1.82) is 0 Å². The average molecular weight is 250 g/mol. The molecule has 0 atom stereocenters. The molecule has 1 aromatic rings. The second-order valence-corrected chi connectivity index (χ2v) is 4.49. The predicted octanol–water partition coefficient (Wildman–Crippen LogP) is 3.66. The summed E-state index contributed by atoms with van der Waals surface area (Å²) in [5, 5.41) is 8.49. The highest BCUT2D eigenvalue weighted by atomic mass is 16.5. The number of carboxylic acid groups (broad SMARTS) is 1. The summed E-state index contributed by atoms with van der Waals surface area (Å²) in [6, 6.07) is 7.70. The third-order valence-corrected chi connectivity index (χ3v) is 2.85. The lowest BCUT2D eigenvalue weighted by Gasteiger charge is -2.05. The summed E-state index contributed by atoms with van der Waals surface area (Å²) in [6.07, 6.45) is 7.50. The van der Waals surface area contributed by atoms with Crippen LogP contribution in [0.4, 0.5) is 0 Å². The molecule has 1 aromatic carbocycles. The number of hydrogen-bond donors (Lipinski definition) is 1. The standard InChI is InChI=1S/C15H22O3/c1-2-3-4-5-6-7-13-8-10-14(11-9-13)18-12-15(16)17/h8-11H,2-7,12H2,1H3,(H,16,17). The van der Waals surface area contributed by atoms with Crippen LogP contribution in [0.2, 0.25) is 0 Å². The van der Waals surface area contributed by atoms with Crippen molar-refractivity contribution in [2.45, 2.75) is 45.4 Å². The third-order valence-electron chi connectivity index (χ3n) is 2.85. The van der Waals surface area contributed by atoms with Gasteiger partial charge in [-0.25, -0.2) is 4.79 Å². The van der Waals surface area contributed by atoms with Gasteiger partial charge in [0.05, 0.1) is 0 Å². The molecule has 0 fully saturated rings. The van der Waals surface area contributed by atoms with Gasteiger partial charge in [0.15, 0.2) is 6.61 Å². The maximum atomic E-state index is 10.3. The molecule has 0 saturated heterocycles. The average Bonchev–Trinajstić information content (AvgIpc) is 2.37. The van der Waals surface area contributed by atoms with Gasteiger partial charge in [-0.1, -0.05) is 44.7 Å². The first kappa shape index (κ1) is 14.6. The Morgan fingerprint density at radius 2 is 1.78 bits per heavy atom. The van der Waals surface area contributed by atoms with Crippen molar-refractivity contribution in [1.82, 2.24) is 0 Å². The molecule has 0 aliphatic heterocycles. The van der Waals surface area contributed by atoms with E-state index in [1.54, 1.807) is 0 Å². The second kappa shape index (κ2) is 8.56. The van der Waals surface area contributed by atoms with E-state index in [0.29, 0.717) is 5.75 Å². The molecule has 0 saturated carbocycles. The lowest BCUT2D eigenvalue weighted by molar-refractivity contribution is -0.139. The molecule has 0 aliphatic rings. The normalized spacial score (nSPS) is 10.3. The molecule has 3 heteroatoms. The Morgan fingerprint density at radius 3 is 2.39 bits per heavy atom. The van der Waals surface area contributed by atoms with E-state index in [1.807, 2.05) is 24.3 Å².